The number of carbonyl (C=O) groups is 2. The standard InChI is InChI=1S/C21H28N2O3/c1-13(2)8-9-22-20(24)12-26-21(25)15-5-7-19-17(11-15)16-10-14(3)4-6-18(16)23-19/h5,7,11,13-14,23H,4,6,8-10,12H2,1-3H3,(H,22,24). The maximum absolute atomic E-state index is 12.3. The summed E-state index contributed by atoms with van der Waals surface area (Å²) in [5.74, 6) is 0.476. The molecule has 0 spiro atoms. The van der Waals surface area contributed by atoms with Gasteiger partial charge in [-0.15, -0.1) is 0 Å². The van der Waals surface area contributed by atoms with Crippen LogP contribution in [0, 0.1) is 11.8 Å². The minimum absolute atomic E-state index is 0.239. The number of amides is 1. The van der Waals surface area contributed by atoms with Gasteiger partial charge in [-0.1, -0.05) is 20.8 Å². The van der Waals surface area contributed by atoms with E-state index in [1.165, 1.54) is 17.7 Å². The number of hydrogen-bond acceptors (Lipinski definition) is 3. The summed E-state index contributed by atoms with van der Waals surface area (Å²) in [7, 11) is 0. The van der Waals surface area contributed by atoms with Crippen molar-refractivity contribution in [3.05, 3.63) is 35.0 Å². The number of hydrogen-bond donors (Lipinski definition) is 2. The van der Waals surface area contributed by atoms with E-state index in [1.54, 1.807) is 6.07 Å². The van der Waals surface area contributed by atoms with Crippen molar-refractivity contribution >= 4 is 22.8 Å². The van der Waals surface area contributed by atoms with E-state index in [0.29, 0.717) is 23.9 Å². The van der Waals surface area contributed by atoms with Gasteiger partial charge in [0.15, 0.2) is 6.61 Å². The van der Waals surface area contributed by atoms with Crippen LogP contribution in [-0.2, 0) is 22.4 Å². The lowest BCUT2D eigenvalue weighted by Crippen LogP contribution is -2.30. The summed E-state index contributed by atoms with van der Waals surface area (Å²) in [4.78, 5) is 27.6. The van der Waals surface area contributed by atoms with E-state index in [4.69, 9.17) is 4.74 Å². The third-order valence-electron chi connectivity index (χ3n) is 5.05. The fourth-order valence-electron chi connectivity index (χ4n) is 3.48. The van der Waals surface area contributed by atoms with Crippen molar-refractivity contribution < 1.29 is 14.3 Å². The van der Waals surface area contributed by atoms with Gasteiger partial charge in [0.05, 0.1) is 5.56 Å². The largest absolute Gasteiger partial charge is 0.452 e. The quantitative estimate of drug-likeness (QED) is 0.777. The maximum Gasteiger partial charge on any atom is 0.338 e. The monoisotopic (exact) mass is 356 g/mol. The Morgan fingerprint density at radius 3 is 2.92 bits per heavy atom. The van der Waals surface area contributed by atoms with Crippen LogP contribution < -0.4 is 5.32 Å². The molecule has 5 nitrogen and oxygen atoms in total. The SMILES string of the molecule is CC(C)CCNC(=O)COC(=O)c1ccc2[nH]c3c(c2c1)CC(C)CC3. The molecular weight excluding hydrogens is 328 g/mol. The van der Waals surface area contributed by atoms with E-state index in [0.717, 1.165) is 30.2 Å². The molecule has 2 aromatic rings. The lowest BCUT2D eigenvalue weighted by Gasteiger charge is -2.18. The van der Waals surface area contributed by atoms with Gasteiger partial charge in [0.25, 0.3) is 5.91 Å². The second-order valence-corrected chi connectivity index (χ2v) is 7.80. The van der Waals surface area contributed by atoms with Crippen molar-refractivity contribution in [2.75, 3.05) is 13.2 Å². The summed E-state index contributed by atoms with van der Waals surface area (Å²) in [5, 5.41) is 3.87. The summed E-state index contributed by atoms with van der Waals surface area (Å²) < 4.78 is 5.18. The first-order valence-corrected chi connectivity index (χ1v) is 9.51. The number of nitrogens with one attached hydrogen (secondary N) is 2. The fraction of sp³-hybridized carbons (Fsp3) is 0.524. The highest BCUT2D eigenvalue weighted by molar-refractivity contribution is 5.97. The van der Waals surface area contributed by atoms with Gasteiger partial charge in [-0.05, 0) is 61.3 Å². The fourth-order valence-corrected chi connectivity index (χ4v) is 3.48. The van der Waals surface area contributed by atoms with E-state index >= 15 is 0 Å². The second-order valence-electron chi connectivity index (χ2n) is 7.80. The highest BCUT2D eigenvalue weighted by Gasteiger charge is 2.21. The number of fused-ring (bicyclic) bond motifs is 3. The predicted molar refractivity (Wildman–Crippen MR) is 102 cm³/mol. The Morgan fingerprint density at radius 1 is 1.35 bits per heavy atom. The van der Waals surface area contributed by atoms with Crippen molar-refractivity contribution in [2.24, 2.45) is 11.8 Å². The summed E-state index contributed by atoms with van der Waals surface area (Å²) >= 11 is 0. The number of aromatic amines is 1. The Balaban J connectivity index is 1.63. The molecule has 0 radical (unpaired) electrons. The summed E-state index contributed by atoms with van der Waals surface area (Å²) in [6.07, 6.45) is 4.20. The zero-order valence-corrected chi connectivity index (χ0v) is 15.9. The Kier molecular flexibility index (Phi) is 5.64. The summed E-state index contributed by atoms with van der Waals surface area (Å²) in [5.41, 5.74) is 4.16. The molecule has 1 amide bonds. The Labute approximate surface area is 154 Å². The van der Waals surface area contributed by atoms with Crippen LogP contribution in [-0.4, -0.2) is 30.0 Å². The molecule has 0 fully saturated rings. The zero-order chi connectivity index (χ0) is 18.7. The minimum Gasteiger partial charge on any atom is -0.452 e. The van der Waals surface area contributed by atoms with Crippen LogP contribution in [0.5, 0.6) is 0 Å². The van der Waals surface area contributed by atoms with Crippen LogP contribution in [0.1, 0.15) is 55.2 Å². The van der Waals surface area contributed by atoms with Gasteiger partial charge < -0.3 is 15.0 Å². The Morgan fingerprint density at radius 2 is 2.15 bits per heavy atom. The molecule has 0 bridgehead atoms. The van der Waals surface area contributed by atoms with E-state index in [9.17, 15) is 9.59 Å². The molecule has 1 unspecified atom stereocenters. The third-order valence-corrected chi connectivity index (χ3v) is 5.05. The number of rotatable bonds is 6. The van der Waals surface area contributed by atoms with Crippen molar-refractivity contribution in [3.63, 3.8) is 0 Å². The molecule has 1 aromatic heterocycles. The molecule has 1 heterocycles. The average Bonchev–Trinajstić information content (AvgIpc) is 2.96. The van der Waals surface area contributed by atoms with Crippen molar-refractivity contribution in [3.8, 4) is 0 Å². The van der Waals surface area contributed by atoms with Gasteiger partial charge >= 0.3 is 5.97 Å². The van der Waals surface area contributed by atoms with Gasteiger partial charge in [0, 0.05) is 23.1 Å². The van der Waals surface area contributed by atoms with E-state index in [-0.39, 0.29) is 12.5 Å². The van der Waals surface area contributed by atoms with Gasteiger partial charge in [-0.2, -0.15) is 0 Å². The third kappa shape index (κ3) is 4.26. The number of esters is 1. The molecule has 3 rings (SSSR count). The van der Waals surface area contributed by atoms with Crippen molar-refractivity contribution in [1.82, 2.24) is 10.3 Å². The molecule has 1 atom stereocenters. The van der Waals surface area contributed by atoms with Gasteiger partial charge in [-0.25, -0.2) is 4.79 Å². The molecule has 1 aliphatic rings. The number of H-pyrrole nitrogens is 1. The first-order chi connectivity index (χ1) is 12.4. The zero-order valence-electron chi connectivity index (χ0n) is 15.9. The topological polar surface area (TPSA) is 71.2 Å². The molecule has 26 heavy (non-hydrogen) atoms. The molecule has 140 valence electrons. The minimum atomic E-state index is -0.454. The molecule has 1 aliphatic carbocycles. The highest BCUT2D eigenvalue weighted by atomic mass is 16.5. The summed E-state index contributed by atoms with van der Waals surface area (Å²) in [6, 6.07) is 5.58. The number of carbonyl (C=O) groups excluding carboxylic acids is 2. The smallest absolute Gasteiger partial charge is 0.338 e. The Bertz CT molecular complexity index is 807. The number of aryl methyl sites for hydroxylation is 1. The first-order valence-electron chi connectivity index (χ1n) is 9.51. The highest BCUT2D eigenvalue weighted by Crippen LogP contribution is 2.32. The molecule has 2 N–H and O–H groups in total. The average molecular weight is 356 g/mol. The number of ether oxygens (including phenoxy) is 1. The van der Waals surface area contributed by atoms with Crippen molar-refractivity contribution in [1.29, 1.82) is 0 Å². The molecule has 0 aliphatic heterocycles. The number of benzene rings is 1. The predicted octanol–water partition coefficient (Wildman–Crippen LogP) is 3.61. The molecule has 1 aromatic carbocycles. The summed E-state index contributed by atoms with van der Waals surface area (Å²) in [6.45, 7) is 6.83. The molecule has 5 heteroatoms. The van der Waals surface area contributed by atoms with E-state index in [1.807, 2.05) is 12.1 Å². The van der Waals surface area contributed by atoms with Crippen LogP contribution in [0.3, 0.4) is 0 Å². The van der Waals surface area contributed by atoms with Gasteiger partial charge in [0.2, 0.25) is 0 Å². The van der Waals surface area contributed by atoms with Crippen LogP contribution >= 0.6 is 0 Å². The van der Waals surface area contributed by atoms with Crippen LogP contribution in [0.2, 0.25) is 0 Å². The van der Waals surface area contributed by atoms with Gasteiger partial charge in [-0.3, -0.25) is 4.79 Å². The van der Waals surface area contributed by atoms with Crippen molar-refractivity contribution in [2.45, 2.75) is 46.5 Å². The molecular formula is C21H28N2O3. The second kappa shape index (κ2) is 7.94. The van der Waals surface area contributed by atoms with Crippen LogP contribution in [0.15, 0.2) is 18.2 Å². The lowest BCUT2D eigenvalue weighted by atomic mass is 9.87. The van der Waals surface area contributed by atoms with Gasteiger partial charge in [0.1, 0.15) is 0 Å². The van der Waals surface area contributed by atoms with Crippen LogP contribution in [0.4, 0.5) is 0 Å². The molecule has 0 saturated carbocycles. The lowest BCUT2D eigenvalue weighted by molar-refractivity contribution is -0.124. The maximum atomic E-state index is 12.3. The van der Waals surface area contributed by atoms with E-state index < -0.39 is 5.97 Å². The number of aromatic nitrogens is 1. The Hall–Kier alpha value is -2.30. The normalized spacial score (nSPS) is 16.5. The first kappa shape index (κ1) is 18.5. The van der Waals surface area contributed by atoms with E-state index in [2.05, 4.69) is 31.1 Å². The molecule has 0 saturated heterocycles. The van der Waals surface area contributed by atoms with Crippen LogP contribution in [0.25, 0.3) is 10.9 Å².